The third kappa shape index (κ3) is 11.5. The van der Waals surface area contributed by atoms with Gasteiger partial charge in [-0.15, -0.1) is 0 Å². The molecule has 0 fully saturated rings. The van der Waals surface area contributed by atoms with Crippen LogP contribution in [0.1, 0.15) is 56.7 Å². The normalized spacial score (nSPS) is 11.9. The summed E-state index contributed by atoms with van der Waals surface area (Å²) in [5.74, 6) is -0.173. The third-order valence-electron chi connectivity index (χ3n) is 5.61. The molecule has 0 radical (unpaired) electrons. The Morgan fingerprint density at radius 1 is 0.872 bits per heavy atom. The van der Waals surface area contributed by atoms with Gasteiger partial charge in [-0.2, -0.15) is 22.7 Å². The first kappa shape index (κ1) is 30.2. The van der Waals surface area contributed by atoms with Crippen LogP contribution in [0.5, 0.6) is 0 Å². The predicted octanol–water partition coefficient (Wildman–Crippen LogP) is 6.33. The lowest BCUT2D eigenvalue weighted by Crippen LogP contribution is -2.49. The first-order valence-electron chi connectivity index (χ1n) is 12.9. The maximum Gasteiger partial charge on any atom is 0.408 e. The Morgan fingerprint density at radius 2 is 1.51 bits per heavy atom. The molecule has 2 aromatic heterocycles. The quantitative estimate of drug-likeness (QED) is 0.234. The van der Waals surface area contributed by atoms with E-state index in [0.29, 0.717) is 38.9 Å². The second kappa shape index (κ2) is 15.3. The lowest BCUT2D eigenvalue weighted by molar-refractivity contribution is -0.135. The highest BCUT2D eigenvalue weighted by molar-refractivity contribution is 7.08. The zero-order valence-corrected chi connectivity index (χ0v) is 24.3. The SMILES string of the molecule is CC(C)(C)OC(=O)N[C@@H](CCCCNC(=O)OCc1ccccc1)C(=O)N(Cc1ccsc1)Cc1ccsc1. The molecule has 1 atom stereocenters. The number of unbranched alkanes of at least 4 members (excludes halogenated alkanes) is 1. The molecule has 3 rings (SSSR count). The molecule has 0 aliphatic carbocycles. The van der Waals surface area contributed by atoms with E-state index in [2.05, 4.69) is 10.6 Å². The van der Waals surface area contributed by atoms with Crippen molar-refractivity contribution < 1.29 is 23.9 Å². The number of amides is 3. The highest BCUT2D eigenvalue weighted by Gasteiger charge is 2.28. The molecule has 10 heteroatoms. The largest absolute Gasteiger partial charge is 0.445 e. The number of hydrogen-bond donors (Lipinski definition) is 2. The fourth-order valence-electron chi connectivity index (χ4n) is 3.78. The van der Waals surface area contributed by atoms with Gasteiger partial charge in [-0.3, -0.25) is 4.79 Å². The molecule has 39 heavy (non-hydrogen) atoms. The van der Waals surface area contributed by atoms with Crippen LogP contribution in [0.4, 0.5) is 9.59 Å². The number of carbonyl (C=O) groups is 3. The average molecular weight is 572 g/mol. The Bertz CT molecular complexity index is 1110. The molecule has 0 saturated carbocycles. The minimum atomic E-state index is -0.762. The van der Waals surface area contributed by atoms with E-state index in [1.54, 1.807) is 48.3 Å². The summed E-state index contributed by atoms with van der Waals surface area (Å²) in [4.78, 5) is 40.2. The van der Waals surface area contributed by atoms with E-state index in [9.17, 15) is 14.4 Å². The van der Waals surface area contributed by atoms with Crippen LogP contribution in [0, 0.1) is 0 Å². The number of nitrogens with zero attached hydrogens (tertiary/aromatic N) is 1. The molecule has 0 aliphatic heterocycles. The average Bonchev–Trinajstić information content (AvgIpc) is 3.60. The Hall–Kier alpha value is -3.37. The zero-order valence-electron chi connectivity index (χ0n) is 22.7. The van der Waals surface area contributed by atoms with Crippen LogP contribution in [0.15, 0.2) is 64.0 Å². The van der Waals surface area contributed by atoms with Gasteiger partial charge in [0.15, 0.2) is 0 Å². The fraction of sp³-hybridized carbons (Fsp3) is 0.414. The Morgan fingerprint density at radius 3 is 2.08 bits per heavy atom. The van der Waals surface area contributed by atoms with Gasteiger partial charge in [-0.05, 0) is 90.4 Å². The summed E-state index contributed by atoms with van der Waals surface area (Å²) < 4.78 is 10.7. The molecule has 0 saturated heterocycles. The maximum absolute atomic E-state index is 13.8. The predicted molar refractivity (Wildman–Crippen MR) is 155 cm³/mol. The van der Waals surface area contributed by atoms with Crippen molar-refractivity contribution in [3.8, 4) is 0 Å². The minimum Gasteiger partial charge on any atom is -0.445 e. The molecule has 210 valence electrons. The van der Waals surface area contributed by atoms with E-state index >= 15 is 0 Å². The molecule has 3 aromatic rings. The number of alkyl carbamates (subject to hydrolysis) is 2. The number of benzene rings is 1. The van der Waals surface area contributed by atoms with Gasteiger partial charge in [0.05, 0.1) is 0 Å². The van der Waals surface area contributed by atoms with Crippen molar-refractivity contribution in [2.45, 2.75) is 71.4 Å². The van der Waals surface area contributed by atoms with Gasteiger partial charge in [0.1, 0.15) is 18.2 Å². The van der Waals surface area contributed by atoms with Crippen molar-refractivity contribution >= 4 is 40.8 Å². The van der Waals surface area contributed by atoms with E-state index in [1.807, 2.05) is 64.0 Å². The molecule has 0 spiro atoms. The van der Waals surface area contributed by atoms with Crippen LogP contribution in [-0.2, 0) is 34.0 Å². The fourth-order valence-corrected chi connectivity index (χ4v) is 5.10. The molecular formula is C29H37N3O5S2. The van der Waals surface area contributed by atoms with Crippen molar-refractivity contribution in [2.24, 2.45) is 0 Å². The summed E-state index contributed by atoms with van der Waals surface area (Å²) in [6.07, 6.45) is 0.513. The van der Waals surface area contributed by atoms with Gasteiger partial charge >= 0.3 is 12.2 Å². The van der Waals surface area contributed by atoms with Gasteiger partial charge in [0.25, 0.3) is 0 Å². The molecule has 3 amide bonds. The molecule has 0 aliphatic rings. The summed E-state index contributed by atoms with van der Waals surface area (Å²) in [7, 11) is 0. The van der Waals surface area contributed by atoms with Gasteiger partial charge < -0.3 is 25.0 Å². The molecule has 2 heterocycles. The van der Waals surface area contributed by atoms with Gasteiger partial charge in [0, 0.05) is 19.6 Å². The van der Waals surface area contributed by atoms with Crippen LogP contribution >= 0.6 is 22.7 Å². The summed E-state index contributed by atoms with van der Waals surface area (Å²) in [5.41, 5.74) is 2.31. The van der Waals surface area contributed by atoms with Gasteiger partial charge in [-0.25, -0.2) is 9.59 Å². The molecule has 8 nitrogen and oxygen atoms in total. The molecule has 2 N–H and O–H groups in total. The van der Waals surface area contributed by atoms with E-state index < -0.39 is 23.8 Å². The lowest BCUT2D eigenvalue weighted by Gasteiger charge is -2.29. The highest BCUT2D eigenvalue weighted by Crippen LogP contribution is 2.18. The molecule has 1 aromatic carbocycles. The number of nitrogens with one attached hydrogen (secondary N) is 2. The first-order valence-corrected chi connectivity index (χ1v) is 14.8. The van der Waals surface area contributed by atoms with Crippen molar-refractivity contribution in [1.82, 2.24) is 15.5 Å². The third-order valence-corrected chi connectivity index (χ3v) is 7.07. The minimum absolute atomic E-state index is 0.173. The van der Waals surface area contributed by atoms with Crippen LogP contribution in [0.3, 0.4) is 0 Å². The van der Waals surface area contributed by atoms with E-state index in [4.69, 9.17) is 9.47 Å². The topological polar surface area (TPSA) is 97.0 Å². The highest BCUT2D eigenvalue weighted by atomic mass is 32.1. The summed E-state index contributed by atoms with van der Waals surface area (Å²) >= 11 is 3.16. The van der Waals surface area contributed by atoms with Crippen LogP contribution < -0.4 is 10.6 Å². The van der Waals surface area contributed by atoms with E-state index in [0.717, 1.165) is 16.7 Å². The monoisotopic (exact) mass is 571 g/mol. The van der Waals surface area contributed by atoms with Gasteiger partial charge in [-0.1, -0.05) is 30.3 Å². The molecule has 0 bridgehead atoms. The second-order valence-electron chi connectivity index (χ2n) is 10.1. The molecular weight excluding hydrogens is 534 g/mol. The number of rotatable bonds is 13. The van der Waals surface area contributed by atoms with Crippen molar-refractivity contribution in [2.75, 3.05) is 6.54 Å². The Labute approximate surface area is 238 Å². The van der Waals surface area contributed by atoms with Crippen LogP contribution in [-0.4, -0.2) is 41.2 Å². The standard InChI is InChI=1S/C29H37N3O5S2/c1-29(2,3)37-28(35)31-25(11-7-8-14-30-27(34)36-19-22-9-5-4-6-10-22)26(33)32(17-23-12-15-38-20-23)18-24-13-16-39-21-24/h4-6,9-10,12-13,15-16,20-21,25H,7-8,11,14,17-19H2,1-3H3,(H,30,34)(H,31,35)/t25-/m0/s1. The van der Waals surface area contributed by atoms with Crippen molar-refractivity contribution in [1.29, 1.82) is 0 Å². The number of ether oxygens (including phenoxy) is 2. The van der Waals surface area contributed by atoms with E-state index in [-0.39, 0.29) is 12.5 Å². The van der Waals surface area contributed by atoms with Gasteiger partial charge in [0.2, 0.25) is 5.91 Å². The van der Waals surface area contributed by atoms with Crippen LogP contribution in [0.25, 0.3) is 0 Å². The smallest absolute Gasteiger partial charge is 0.408 e. The molecule has 0 unspecified atom stereocenters. The second-order valence-corrected chi connectivity index (χ2v) is 11.7. The van der Waals surface area contributed by atoms with Crippen LogP contribution in [0.2, 0.25) is 0 Å². The lowest BCUT2D eigenvalue weighted by atomic mass is 10.1. The number of thiophene rings is 2. The van der Waals surface area contributed by atoms with Crippen molar-refractivity contribution in [3.05, 3.63) is 80.7 Å². The van der Waals surface area contributed by atoms with E-state index in [1.165, 1.54) is 0 Å². The number of hydrogen-bond acceptors (Lipinski definition) is 7. The zero-order chi connectivity index (χ0) is 28.1. The summed E-state index contributed by atoms with van der Waals surface area (Å²) in [6.45, 7) is 6.84. The number of carbonyl (C=O) groups excluding carboxylic acids is 3. The maximum atomic E-state index is 13.8. The first-order chi connectivity index (χ1) is 18.7. The Balaban J connectivity index is 1.57. The van der Waals surface area contributed by atoms with Crippen molar-refractivity contribution in [3.63, 3.8) is 0 Å². The summed E-state index contributed by atoms with van der Waals surface area (Å²) in [5, 5.41) is 13.5. The summed E-state index contributed by atoms with van der Waals surface area (Å²) in [6, 6.07) is 12.7. The Kier molecular flexibility index (Phi) is 11.8.